The van der Waals surface area contributed by atoms with Crippen molar-refractivity contribution in [1.29, 1.82) is 0 Å². The summed E-state index contributed by atoms with van der Waals surface area (Å²) in [5.41, 5.74) is 4.44. The van der Waals surface area contributed by atoms with Crippen LogP contribution in [0.25, 0.3) is 0 Å². The third kappa shape index (κ3) is 3.58. The zero-order valence-corrected chi connectivity index (χ0v) is 12.0. The lowest BCUT2D eigenvalue weighted by Crippen LogP contribution is -1.96. The number of aliphatic imine (C=N–C) groups is 1. The molecule has 2 rings (SSSR count). The van der Waals surface area contributed by atoms with Gasteiger partial charge in [0.05, 0.1) is 5.69 Å². The van der Waals surface area contributed by atoms with Crippen molar-refractivity contribution in [3.8, 4) is 5.75 Å². The third-order valence-corrected chi connectivity index (χ3v) is 3.12. The molecule has 102 valence electrons. The van der Waals surface area contributed by atoms with Gasteiger partial charge in [0.2, 0.25) is 0 Å². The second-order valence-corrected chi connectivity index (χ2v) is 4.66. The first-order valence-corrected chi connectivity index (χ1v) is 6.65. The van der Waals surface area contributed by atoms with E-state index in [-0.39, 0.29) is 0 Å². The van der Waals surface area contributed by atoms with Gasteiger partial charge < -0.3 is 4.74 Å². The van der Waals surface area contributed by atoms with Crippen LogP contribution in [-0.2, 0) is 0 Å². The molecule has 0 spiro atoms. The van der Waals surface area contributed by atoms with E-state index in [1.54, 1.807) is 6.08 Å². The van der Waals surface area contributed by atoms with Crippen LogP contribution in [0.15, 0.2) is 60.1 Å². The first kappa shape index (κ1) is 14.1. The molecule has 0 bridgehead atoms. The molecule has 0 unspecified atom stereocenters. The molecule has 0 saturated carbocycles. The molecule has 0 amide bonds. The maximum Gasteiger partial charge on any atom is 0.128 e. The molecule has 2 heteroatoms. The van der Waals surface area contributed by atoms with Crippen LogP contribution in [0.3, 0.4) is 0 Å². The van der Waals surface area contributed by atoms with E-state index in [9.17, 15) is 0 Å². The van der Waals surface area contributed by atoms with Crippen LogP contribution in [0.5, 0.6) is 5.75 Å². The molecule has 0 saturated heterocycles. The predicted octanol–water partition coefficient (Wildman–Crippen LogP) is 4.62. The number of aryl methyl sites for hydroxylation is 2. The van der Waals surface area contributed by atoms with Gasteiger partial charge in [-0.25, -0.2) is 0 Å². The Morgan fingerprint density at radius 1 is 1.10 bits per heavy atom. The fourth-order valence-corrected chi connectivity index (χ4v) is 1.82. The van der Waals surface area contributed by atoms with Gasteiger partial charge in [-0.1, -0.05) is 30.9 Å². The highest BCUT2D eigenvalue weighted by atomic mass is 16.5. The van der Waals surface area contributed by atoms with Gasteiger partial charge >= 0.3 is 0 Å². The summed E-state index contributed by atoms with van der Waals surface area (Å²) in [6.45, 7) is 8.34. The van der Waals surface area contributed by atoms with Crippen molar-refractivity contribution in [1.82, 2.24) is 0 Å². The zero-order valence-electron chi connectivity index (χ0n) is 12.0. The summed E-state index contributed by atoms with van der Waals surface area (Å²) in [5, 5.41) is 0. The SMILES string of the molecule is C=CCOc1ccccc1C=Nc1ccc(C)c(C)c1. The normalized spacial score (nSPS) is 10.7. The van der Waals surface area contributed by atoms with Crippen molar-refractivity contribution >= 4 is 11.9 Å². The fraction of sp³-hybridized carbons (Fsp3) is 0.167. The van der Waals surface area contributed by atoms with Gasteiger partial charge in [-0.15, -0.1) is 0 Å². The van der Waals surface area contributed by atoms with Crippen molar-refractivity contribution in [3.05, 3.63) is 71.8 Å². The lowest BCUT2D eigenvalue weighted by atomic mass is 10.1. The molecule has 2 aromatic carbocycles. The van der Waals surface area contributed by atoms with E-state index < -0.39 is 0 Å². The van der Waals surface area contributed by atoms with Crippen molar-refractivity contribution in [2.24, 2.45) is 4.99 Å². The molecular weight excluding hydrogens is 246 g/mol. The summed E-state index contributed by atoms with van der Waals surface area (Å²) >= 11 is 0. The summed E-state index contributed by atoms with van der Waals surface area (Å²) in [7, 11) is 0. The monoisotopic (exact) mass is 265 g/mol. The Balaban J connectivity index is 2.22. The van der Waals surface area contributed by atoms with E-state index in [1.165, 1.54) is 11.1 Å². The predicted molar refractivity (Wildman–Crippen MR) is 85.3 cm³/mol. The molecule has 0 aliphatic heterocycles. The van der Waals surface area contributed by atoms with Crippen molar-refractivity contribution in [3.63, 3.8) is 0 Å². The van der Waals surface area contributed by atoms with E-state index in [0.29, 0.717) is 6.61 Å². The van der Waals surface area contributed by atoms with E-state index in [0.717, 1.165) is 17.0 Å². The van der Waals surface area contributed by atoms with E-state index in [2.05, 4.69) is 37.6 Å². The molecular formula is C18H19NO. The number of benzene rings is 2. The van der Waals surface area contributed by atoms with Gasteiger partial charge in [0.1, 0.15) is 12.4 Å². The molecule has 0 fully saturated rings. The summed E-state index contributed by atoms with van der Waals surface area (Å²) in [6, 6.07) is 14.0. The standard InChI is InChI=1S/C18H19NO/c1-4-11-20-18-8-6-5-7-16(18)13-19-17-10-9-14(2)15(3)12-17/h4-10,12-13H,1,11H2,2-3H3. The average Bonchev–Trinajstić information content (AvgIpc) is 2.47. The molecule has 0 atom stereocenters. The number of para-hydroxylation sites is 1. The summed E-state index contributed by atoms with van der Waals surface area (Å²) in [6.07, 6.45) is 3.57. The Hall–Kier alpha value is -2.35. The van der Waals surface area contributed by atoms with Gasteiger partial charge in [0.25, 0.3) is 0 Å². The highest BCUT2D eigenvalue weighted by molar-refractivity contribution is 5.85. The van der Waals surface area contributed by atoms with Crippen molar-refractivity contribution in [2.45, 2.75) is 13.8 Å². The Bertz CT molecular complexity index is 629. The molecule has 2 aromatic rings. The molecule has 20 heavy (non-hydrogen) atoms. The largest absolute Gasteiger partial charge is 0.489 e. The lowest BCUT2D eigenvalue weighted by Gasteiger charge is -2.06. The Morgan fingerprint density at radius 2 is 1.90 bits per heavy atom. The minimum Gasteiger partial charge on any atom is -0.489 e. The molecule has 0 N–H and O–H groups in total. The zero-order chi connectivity index (χ0) is 14.4. The fourth-order valence-electron chi connectivity index (χ4n) is 1.82. The minimum atomic E-state index is 0.495. The first-order chi connectivity index (χ1) is 9.70. The van der Waals surface area contributed by atoms with Gasteiger partial charge in [-0.2, -0.15) is 0 Å². The number of ether oxygens (including phenoxy) is 1. The maximum absolute atomic E-state index is 5.61. The van der Waals surface area contributed by atoms with Crippen LogP contribution in [0.4, 0.5) is 5.69 Å². The Labute approximate surface area is 120 Å². The first-order valence-electron chi connectivity index (χ1n) is 6.65. The van der Waals surface area contributed by atoms with Gasteiger partial charge in [0.15, 0.2) is 0 Å². The van der Waals surface area contributed by atoms with E-state index in [1.807, 2.05) is 36.5 Å². The molecule has 0 radical (unpaired) electrons. The summed E-state index contributed by atoms with van der Waals surface area (Å²) in [5.74, 6) is 0.819. The van der Waals surface area contributed by atoms with Crippen LogP contribution in [-0.4, -0.2) is 12.8 Å². The summed E-state index contributed by atoms with van der Waals surface area (Å²) < 4.78 is 5.61. The van der Waals surface area contributed by atoms with E-state index >= 15 is 0 Å². The van der Waals surface area contributed by atoms with Crippen molar-refractivity contribution < 1.29 is 4.74 Å². The number of hydrogen-bond acceptors (Lipinski definition) is 2. The van der Waals surface area contributed by atoms with Gasteiger partial charge in [0, 0.05) is 11.8 Å². The van der Waals surface area contributed by atoms with Gasteiger partial charge in [-0.05, 0) is 49.2 Å². The second-order valence-electron chi connectivity index (χ2n) is 4.66. The topological polar surface area (TPSA) is 21.6 Å². The van der Waals surface area contributed by atoms with Crippen LogP contribution >= 0.6 is 0 Å². The van der Waals surface area contributed by atoms with Gasteiger partial charge in [-0.3, -0.25) is 4.99 Å². The molecule has 0 aliphatic carbocycles. The molecule has 2 nitrogen and oxygen atoms in total. The summed E-state index contributed by atoms with van der Waals surface area (Å²) in [4.78, 5) is 4.52. The average molecular weight is 265 g/mol. The third-order valence-electron chi connectivity index (χ3n) is 3.12. The highest BCUT2D eigenvalue weighted by Crippen LogP contribution is 2.20. The highest BCUT2D eigenvalue weighted by Gasteiger charge is 1.99. The van der Waals surface area contributed by atoms with Crippen LogP contribution < -0.4 is 4.74 Å². The molecule has 0 aliphatic rings. The van der Waals surface area contributed by atoms with Crippen LogP contribution in [0.1, 0.15) is 16.7 Å². The Morgan fingerprint density at radius 3 is 2.65 bits per heavy atom. The van der Waals surface area contributed by atoms with E-state index in [4.69, 9.17) is 4.74 Å². The number of nitrogens with zero attached hydrogens (tertiary/aromatic N) is 1. The minimum absolute atomic E-state index is 0.495. The molecule has 0 aromatic heterocycles. The smallest absolute Gasteiger partial charge is 0.128 e. The molecule has 0 heterocycles. The quantitative estimate of drug-likeness (QED) is 0.571. The van der Waals surface area contributed by atoms with Crippen molar-refractivity contribution in [2.75, 3.05) is 6.61 Å². The van der Waals surface area contributed by atoms with Crippen LogP contribution in [0, 0.1) is 13.8 Å². The Kier molecular flexibility index (Phi) is 4.72. The lowest BCUT2D eigenvalue weighted by molar-refractivity contribution is 0.363. The number of rotatable bonds is 5. The number of hydrogen-bond donors (Lipinski definition) is 0. The second kappa shape index (κ2) is 6.71. The van der Waals surface area contributed by atoms with Crippen LogP contribution in [0.2, 0.25) is 0 Å². The maximum atomic E-state index is 5.61.